The largest absolute Gasteiger partial charge is 0.409 e. The first-order valence-electron chi connectivity index (χ1n) is 3.54. The second-order valence-corrected chi connectivity index (χ2v) is 3.36. The van der Waals surface area contributed by atoms with Crippen molar-refractivity contribution in [2.75, 3.05) is 5.32 Å². The van der Waals surface area contributed by atoms with E-state index in [0.29, 0.717) is 18.4 Å². The number of carbonyl (C=O) groups excluding carboxylic acids is 1. The van der Waals surface area contributed by atoms with Gasteiger partial charge in [-0.15, -0.1) is 11.3 Å². The van der Waals surface area contributed by atoms with Crippen LogP contribution in [0.2, 0.25) is 0 Å². The maximum atomic E-state index is 9.93. The lowest BCUT2D eigenvalue weighted by Crippen LogP contribution is -2.09. The molecule has 5 heteroatoms. The smallest absolute Gasteiger partial charge is 0.299 e. The van der Waals surface area contributed by atoms with Crippen LogP contribution in [0.15, 0.2) is 5.38 Å². The van der Waals surface area contributed by atoms with Gasteiger partial charge >= 0.3 is 0 Å². The molecule has 0 unspecified atom stereocenters. The highest BCUT2D eigenvalue weighted by molar-refractivity contribution is 7.13. The molecule has 0 saturated heterocycles. The molecule has 0 saturated carbocycles. The van der Waals surface area contributed by atoms with Crippen LogP contribution in [0, 0.1) is 0 Å². The van der Waals surface area contributed by atoms with E-state index in [1.165, 1.54) is 11.3 Å². The number of nitrogens with one attached hydrogen (secondary N) is 1. The van der Waals surface area contributed by atoms with Crippen molar-refractivity contribution in [1.29, 1.82) is 0 Å². The minimum Gasteiger partial charge on any atom is -0.409 e. The molecule has 1 heterocycles. The van der Waals surface area contributed by atoms with E-state index in [1.807, 2.05) is 13.8 Å². The fraction of sp³-hybridized carbons (Fsp3) is 0.429. The highest BCUT2D eigenvalue weighted by Crippen LogP contribution is 2.20. The van der Waals surface area contributed by atoms with E-state index >= 15 is 0 Å². The lowest BCUT2D eigenvalue weighted by Gasteiger charge is -2.03. The number of hydrogen-bond donors (Lipinski definition) is 1. The lowest BCUT2D eigenvalue weighted by atomic mass is 10.4. The van der Waals surface area contributed by atoms with E-state index in [9.17, 15) is 4.79 Å². The SMILES string of the molecule is CC(C)Nc1nc(OC=O)cs1. The van der Waals surface area contributed by atoms with Crippen LogP contribution in [-0.4, -0.2) is 17.5 Å². The number of aromatic nitrogens is 1. The Labute approximate surface area is 74.6 Å². The van der Waals surface area contributed by atoms with Crippen LogP contribution < -0.4 is 10.1 Å². The molecule has 0 atom stereocenters. The van der Waals surface area contributed by atoms with Crippen molar-refractivity contribution in [2.45, 2.75) is 19.9 Å². The standard InChI is InChI=1S/C7H10N2O2S/c1-5(2)8-7-9-6(3-12-7)11-4-10/h3-5H,1-2H3,(H,8,9). The Balaban J connectivity index is 2.57. The van der Waals surface area contributed by atoms with E-state index in [0.717, 1.165) is 5.13 Å². The van der Waals surface area contributed by atoms with Crippen LogP contribution >= 0.6 is 11.3 Å². The van der Waals surface area contributed by atoms with Gasteiger partial charge in [0, 0.05) is 6.04 Å². The number of carbonyl (C=O) groups is 1. The Morgan fingerprint density at radius 1 is 1.75 bits per heavy atom. The fourth-order valence-corrected chi connectivity index (χ4v) is 1.44. The van der Waals surface area contributed by atoms with E-state index in [1.54, 1.807) is 5.38 Å². The van der Waals surface area contributed by atoms with Gasteiger partial charge in [0.1, 0.15) is 0 Å². The van der Waals surface area contributed by atoms with E-state index < -0.39 is 0 Å². The van der Waals surface area contributed by atoms with Crippen molar-refractivity contribution in [3.05, 3.63) is 5.38 Å². The molecule has 0 bridgehead atoms. The zero-order valence-corrected chi connectivity index (χ0v) is 7.72. The quantitative estimate of drug-likeness (QED) is 0.724. The van der Waals surface area contributed by atoms with Crippen LogP contribution in [0.5, 0.6) is 5.88 Å². The summed E-state index contributed by atoms with van der Waals surface area (Å²) in [7, 11) is 0. The highest BCUT2D eigenvalue weighted by atomic mass is 32.1. The van der Waals surface area contributed by atoms with Crippen molar-refractivity contribution in [3.8, 4) is 5.88 Å². The Bertz CT molecular complexity index is 260. The first-order chi connectivity index (χ1) is 5.72. The molecule has 4 nitrogen and oxygen atoms in total. The molecule has 1 aromatic rings. The zero-order chi connectivity index (χ0) is 8.97. The molecule has 0 aliphatic carbocycles. The van der Waals surface area contributed by atoms with Crippen molar-refractivity contribution in [2.24, 2.45) is 0 Å². The normalized spacial score (nSPS) is 9.92. The number of hydrogen-bond acceptors (Lipinski definition) is 5. The molecular formula is C7H10N2O2S. The third kappa shape index (κ3) is 2.50. The van der Waals surface area contributed by atoms with Crippen LogP contribution in [-0.2, 0) is 4.79 Å². The summed E-state index contributed by atoms with van der Waals surface area (Å²) in [6.07, 6.45) is 0. The van der Waals surface area contributed by atoms with Gasteiger partial charge in [-0.25, -0.2) is 0 Å². The third-order valence-corrected chi connectivity index (χ3v) is 1.82. The van der Waals surface area contributed by atoms with Gasteiger partial charge in [-0.1, -0.05) is 0 Å². The molecule has 1 rings (SSSR count). The fourth-order valence-electron chi connectivity index (χ4n) is 0.676. The van der Waals surface area contributed by atoms with Gasteiger partial charge in [0.05, 0.1) is 5.38 Å². The summed E-state index contributed by atoms with van der Waals surface area (Å²) in [5, 5.41) is 5.54. The zero-order valence-electron chi connectivity index (χ0n) is 6.90. The van der Waals surface area contributed by atoms with Gasteiger partial charge in [0.25, 0.3) is 6.47 Å². The lowest BCUT2D eigenvalue weighted by molar-refractivity contribution is -0.120. The Morgan fingerprint density at radius 2 is 2.50 bits per heavy atom. The molecular weight excluding hydrogens is 176 g/mol. The first kappa shape index (κ1) is 8.99. The summed E-state index contributed by atoms with van der Waals surface area (Å²) in [5.74, 6) is 0.346. The van der Waals surface area contributed by atoms with Gasteiger partial charge < -0.3 is 10.1 Å². The van der Waals surface area contributed by atoms with E-state index in [-0.39, 0.29) is 0 Å². The molecule has 0 fully saturated rings. The average molecular weight is 186 g/mol. The van der Waals surface area contributed by atoms with E-state index in [4.69, 9.17) is 0 Å². The first-order valence-corrected chi connectivity index (χ1v) is 4.42. The molecule has 0 spiro atoms. The van der Waals surface area contributed by atoms with Gasteiger partial charge in [-0.2, -0.15) is 4.98 Å². The van der Waals surface area contributed by atoms with Crippen LogP contribution in [0.4, 0.5) is 5.13 Å². The molecule has 66 valence electrons. The minimum absolute atomic E-state index is 0.334. The second kappa shape index (κ2) is 4.06. The van der Waals surface area contributed by atoms with Crippen LogP contribution in [0.3, 0.4) is 0 Å². The average Bonchev–Trinajstić information content (AvgIpc) is 2.36. The summed E-state index contributed by atoms with van der Waals surface area (Å²) < 4.78 is 4.55. The molecule has 0 amide bonds. The summed E-state index contributed by atoms with van der Waals surface area (Å²) in [6, 6.07) is 0.334. The Hall–Kier alpha value is -1.10. The van der Waals surface area contributed by atoms with Gasteiger partial charge in [0.15, 0.2) is 5.13 Å². The summed E-state index contributed by atoms with van der Waals surface area (Å²) in [6.45, 7) is 4.40. The monoisotopic (exact) mass is 186 g/mol. The van der Waals surface area contributed by atoms with E-state index in [2.05, 4.69) is 15.0 Å². The molecule has 12 heavy (non-hydrogen) atoms. The topological polar surface area (TPSA) is 51.2 Å². The van der Waals surface area contributed by atoms with Gasteiger partial charge in [0.2, 0.25) is 5.88 Å². The number of rotatable bonds is 4. The third-order valence-electron chi connectivity index (χ3n) is 1.06. The van der Waals surface area contributed by atoms with Gasteiger partial charge in [-0.05, 0) is 13.8 Å². The molecule has 0 aliphatic rings. The summed E-state index contributed by atoms with van der Waals surface area (Å²) >= 11 is 1.41. The Morgan fingerprint density at radius 3 is 3.08 bits per heavy atom. The second-order valence-electron chi connectivity index (χ2n) is 2.50. The van der Waals surface area contributed by atoms with Crippen molar-refractivity contribution in [1.82, 2.24) is 4.98 Å². The highest BCUT2D eigenvalue weighted by Gasteiger charge is 2.02. The number of ether oxygens (including phenoxy) is 1. The Kier molecular flexibility index (Phi) is 3.04. The van der Waals surface area contributed by atoms with Crippen molar-refractivity contribution >= 4 is 22.9 Å². The minimum atomic E-state index is 0.334. The van der Waals surface area contributed by atoms with Crippen molar-refractivity contribution in [3.63, 3.8) is 0 Å². The molecule has 1 aromatic heterocycles. The predicted octanol–water partition coefficient (Wildman–Crippen LogP) is 1.50. The van der Waals surface area contributed by atoms with Crippen LogP contribution in [0.1, 0.15) is 13.8 Å². The number of thiazole rings is 1. The van der Waals surface area contributed by atoms with Crippen LogP contribution in [0.25, 0.3) is 0 Å². The molecule has 0 aliphatic heterocycles. The molecule has 0 aromatic carbocycles. The maximum absolute atomic E-state index is 9.93. The number of anilines is 1. The predicted molar refractivity (Wildman–Crippen MR) is 47.6 cm³/mol. The molecule has 1 N–H and O–H groups in total. The summed E-state index contributed by atoms with van der Waals surface area (Å²) in [5.41, 5.74) is 0. The van der Waals surface area contributed by atoms with Gasteiger partial charge in [-0.3, -0.25) is 4.79 Å². The summed E-state index contributed by atoms with van der Waals surface area (Å²) in [4.78, 5) is 13.9. The van der Waals surface area contributed by atoms with Crippen molar-refractivity contribution < 1.29 is 9.53 Å². The molecule has 0 radical (unpaired) electrons. The maximum Gasteiger partial charge on any atom is 0.299 e. The number of nitrogens with zero attached hydrogens (tertiary/aromatic N) is 1.